The number of hydrogen-bond acceptors (Lipinski definition) is 3. The van der Waals surface area contributed by atoms with E-state index >= 15 is 0 Å². The van der Waals surface area contributed by atoms with Crippen LogP contribution in [-0.2, 0) is 17.9 Å². The Kier molecular flexibility index (Phi) is 7.25. The highest BCUT2D eigenvalue weighted by Crippen LogP contribution is 2.09. The molecular weight excluding hydrogens is 314 g/mol. The zero-order chi connectivity index (χ0) is 17.9. The summed E-state index contributed by atoms with van der Waals surface area (Å²) in [6.07, 6.45) is 1.76. The minimum atomic E-state index is -0.333. The van der Waals surface area contributed by atoms with Crippen LogP contribution < -0.4 is 10.6 Å². The molecule has 2 N–H and O–H groups in total. The highest BCUT2D eigenvalue weighted by atomic mass is 16.5. The lowest BCUT2D eigenvalue weighted by atomic mass is 10.1. The Morgan fingerprint density at radius 2 is 1.88 bits per heavy atom. The molecule has 0 fully saturated rings. The molecule has 0 saturated carbocycles. The normalized spacial score (nSPS) is 10.8. The summed E-state index contributed by atoms with van der Waals surface area (Å²) >= 11 is 0. The van der Waals surface area contributed by atoms with Gasteiger partial charge in [-0.25, -0.2) is 4.79 Å². The summed E-state index contributed by atoms with van der Waals surface area (Å²) in [5.74, 6) is 0.344. The first-order valence-corrected chi connectivity index (χ1v) is 8.08. The molecule has 0 atom stereocenters. The first-order valence-electron chi connectivity index (χ1n) is 8.08. The minimum absolute atomic E-state index is 0.264. The van der Waals surface area contributed by atoms with E-state index < -0.39 is 0 Å². The van der Waals surface area contributed by atoms with Gasteiger partial charge in [0.25, 0.3) is 0 Å². The van der Waals surface area contributed by atoms with Crippen LogP contribution in [0, 0.1) is 0 Å². The van der Waals surface area contributed by atoms with E-state index in [0.717, 1.165) is 11.1 Å². The quantitative estimate of drug-likeness (QED) is 0.353. The topological polar surface area (TPSA) is 62.7 Å². The second kappa shape index (κ2) is 9.93. The van der Waals surface area contributed by atoms with Gasteiger partial charge >= 0.3 is 5.97 Å². The molecule has 2 rings (SSSR count). The number of aliphatic imine (C=N–C) groups is 1. The van der Waals surface area contributed by atoms with E-state index in [1.165, 1.54) is 0 Å². The molecule has 0 unspecified atom stereocenters. The molecule has 0 aliphatic carbocycles. The summed E-state index contributed by atoms with van der Waals surface area (Å²) in [6, 6.07) is 17.0. The third-order valence-electron chi connectivity index (χ3n) is 3.47. The largest absolute Gasteiger partial charge is 0.457 e. The Balaban J connectivity index is 1.91. The maximum Gasteiger partial charge on any atom is 0.338 e. The van der Waals surface area contributed by atoms with Gasteiger partial charge in [0.05, 0.1) is 5.56 Å². The molecule has 0 bridgehead atoms. The number of hydrogen-bond donors (Lipinski definition) is 2. The van der Waals surface area contributed by atoms with Crippen LogP contribution in [-0.4, -0.2) is 25.5 Å². The van der Waals surface area contributed by atoms with E-state index in [1.807, 2.05) is 48.5 Å². The molecule has 5 nitrogen and oxygen atoms in total. The molecule has 25 heavy (non-hydrogen) atoms. The Morgan fingerprint density at radius 3 is 2.60 bits per heavy atom. The van der Waals surface area contributed by atoms with Crippen molar-refractivity contribution in [3.63, 3.8) is 0 Å². The van der Waals surface area contributed by atoms with Crippen molar-refractivity contribution in [1.29, 1.82) is 0 Å². The van der Waals surface area contributed by atoms with Crippen molar-refractivity contribution < 1.29 is 9.53 Å². The average Bonchev–Trinajstić information content (AvgIpc) is 2.67. The predicted molar refractivity (Wildman–Crippen MR) is 100 cm³/mol. The summed E-state index contributed by atoms with van der Waals surface area (Å²) in [5.41, 5.74) is 2.46. The molecule has 0 aromatic heterocycles. The highest BCUT2D eigenvalue weighted by Gasteiger charge is 2.08. The van der Waals surface area contributed by atoms with E-state index in [9.17, 15) is 4.79 Å². The molecule has 0 aliphatic heterocycles. The standard InChI is InChI=1S/C20H23N3O2/c1-3-12-22-20(21-2)23-14-17-10-7-11-18(13-17)19(24)25-15-16-8-5-4-6-9-16/h3-11,13H,1,12,14-15H2,2H3,(H2,21,22,23). The maximum absolute atomic E-state index is 12.2. The van der Waals surface area contributed by atoms with E-state index in [2.05, 4.69) is 22.2 Å². The molecule has 0 spiro atoms. The van der Waals surface area contributed by atoms with E-state index in [-0.39, 0.29) is 12.6 Å². The van der Waals surface area contributed by atoms with Gasteiger partial charge < -0.3 is 15.4 Å². The molecule has 5 heteroatoms. The number of carbonyl (C=O) groups excluding carboxylic acids is 1. The van der Waals surface area contributed by atoms with Crippen molar-refractivity contribution in [3.05, 3.63) is 83.9 Å². The predicted octanol–water partition coefficient (Wildman–Crippen LogP) is 2.89. The molecule has 2 aromatic rings. The molecule has 0 aliphatic rings. The smallest absolute Gasteiger partial charge is 0.338 e. The van der Waals surface area contributed by atoms with Gasteiger partial charge in [-0.15, -0.1) is 6.58 Å². The number of nitrogens with one attached hydrogen (secondary N) is 2. The first-order chi connectivity index (χ1) is 12.2. The first kappa shape index (κ1) is 18.3. The highest BCUT2D eigenvalue weighted by molar-refractivity contribution is 5.89. The SMILES string of the molecule is C=CCNC(=NC)NCc1cccc(C(=O)OCc2ccccc2)c1. The average molecular weight is 337 g/mol. The van der Waals surface area contributed by atoms with Gasteiger partial charge in [-0.2, -0.15) is 0 Å². The number of ether oxygens (including phenoxy) is 1. The van der Waals surface area contributed by atoms with Gasteiger partial charge in [-0.3, -0.25) is 4.99 Å². The molecule has 0 amide bonds. The van der Waals surface area contributed by atoms with Crippen LogP contribution in [0.2, 0.25) is 0 Å². The lowest BCUT2D eigenvalue weighted by Crippen LogP contribution is -2.36. The van der Waals surface area contributed by atoms with Crippen molar-refractivity contribution in [1.82, 2.24) is 10.6 Å². The van der Waals surface area contributed by atoms with Crippen molar-refractivity contribution in [2.45, 2.75) is 13.2 Å². The zero-order valence-corrected chi connectivity index (χ0v) is 14.4. The molecule has 0 radical (unpaired) electrons. The number of guanidine groups is 1. The van der Waals surface area contributed by atoms with Crippen molar-refractivity contribution >= 4 is 11.9 Å². The van der Waals surface area contributed by atoms with Gasteiger partial charge in [0.15, 0.2) is 5.96 Å². The fourth-order valence-corrected chi connectivity index (χ4v) is 2.19. The van der Waals surface area contributed by atoms with Crippen LogP contribution in [0.15, 0.2) is 72.2 Å². The summed E-state index contributed by atoms with van der Waals surface area (Å²) < 4.78 is 5.36. The number of carbonyl (C=O) groups is 1. The molecular formula is C20H23N3O2. The minimum Gasteiger partial charge on any atom is -0.457 e. The molecule has 2 aromatic carbocycles. The summed E-state index contributed by atoms with van der Waals surface area (Å²) in [6.45, 7) is 5.11. The number of esters is 1. The van der Waals surface area contributed by atoms with Gasteiger partial charge in [-0.05, 0) is 23.3 Å². The van der Waals surface area contributed by atoms with E-state index in [0.29, 0.717) is 24.6 Å². The van der Waals surface area contributed by atoms with Crippen molar-refractivity contribution in [2.75, 3.05) is 13.6 Å². The van der Waals surface area contributed by atoms with E-state index in [4.69, 9.17) is 4.74 Å². The lowest BCUT2D eigenvalue weighted by molar-refractivity contribution is 0.0472. The van der Waals surface area contributed by atoms with Crippen LogP contribution >= 0.6 is 0 Å². The maximum atomic E-state index is 12.2. The Hall–Kier alpha value is -3.08. The fourth-order valence-electron chi connectivity index (χ4n) is 2.19. The van der Waals surface area contributed by atoms with Crippen molar-refractivity contribution in [2.24, 2.45) is 4.99 Å². The Labute approximate surface area is 148 Å². The van der Waals surface area contributed by atoms with Crippen LogP contribution in [0.5, 0.6) is 0 Å². The van der Waals surface area contributed by atoms with Crippen molar-refractivity contribution in [3.8, 4) is 0 Å². The third kappa shape index (κ3) is 6.14. The van der Waals surface area contributed by atoms with Crippen LogP contribution in [0.4, 0.5) is 0 Å². The third-order valence-corrected chi connectivity index (χ3v) is 3.47. The second-order valence-electron chi connectivity index (χ2n) is 5.36. The van der Waals surface area contributed by atoms with E-state index in [1.54, 1.807) is 19.2 Å². The molecule has 130 valence electrons. The summed E-state index contributed by atoms with van der Waals surface area (Å²) in [5, 5.41) is 6.28. The number of nitrogens with zero attached hydrogens (tertiary/aromatic N) is 1. The van der Waals surface area contributed by atoms with Gasteiger partial charge in [0, 0.05) is 20.1 Å². The Morgan fingerprint density at radius 1 is 1.12 bits per heavy atom. The second-order valence-corrected chi connectivity index (χ2v) is 5.36. The number of rotatable bonds is 7. The van der Waals surface area contributed by atoms with Crippen LogP contribution in [0.25, 0.3) is 0 Å². The van der Waals surface area contributed by atoms with Crippen LogP contribution in [0.3, 0.4) is 0 Å². The van der Waals surface area contributed by atoms with Gasteiger partial charge in [0.2, 0.25) is 0 Å². The Bertz CT molecular complexity index is 727. The molecule has 0 saturated heterocycles. The summed E-state index contributed by atoms with van der Waals surface area (Å²) in [4.78, 5) is 16.3. The van der Waals surface area contributed by atoms with Gasteiger partial charge in [0.1, 0.15) is 6.61 Å². The fraction of sp³-hybridized carbons (Fsp3) is 0.200. The zero-order valence-electron chi connectivity index (χ0n) is 14.4. The van der Waals surface area contributed by atoms with Gasteiger partial charge in [-0.1, -0.05) is 48.5 Å². The monoisotopic (exact) mass is 337 g/mol. The van der Waals surface area contributed by atoms with Crippen LogP contribution in [0.1, 0.15) is 21.5 Å². The summed E-state index contributed by atoms with van der Waals surface area (Å²) in [7, 11) is 1.70. The number of benzene rings is 2. The molecule has 0 heterocycles. The lowest BCUT2D eigenvalue weighted by Gasteiger charge is -2.11.